The van der Waals surface area contributed by atoms with Crippen LogP contribution in [0.3, 0.4) is 0 Å². The molecule has 0 spiro atoms. The fourth-order valence-corrected chi connectivity index (χ4v) is 3.34. The number of benzene rings is 2. The number of carbonyl (C=O) groups excluding carboxylic acids is 2. The lowest BCUT2D eigenvalue weighted by atomic mass is 10.0. The number of aromatic nitrogens is 3. The normalized spacial score (nSPS) is 15.3. The zero-order valence-corrected chi connectivity index (χ0v) is 16.5. The van der Waals surface area contributed by atoms with Crippen molar-refractivity contribution in [3.8, 4) is 0 Å². The second kappa shape index (κ2) is 7.73. The summed E-state index contributed by atoms with van der Waals surface area (Å²) in [5.74, 6) is -0.800. The van der Waals surface area contributed by atoms with Crippen molar-refractivity contribution in [2.45, 2.75) is 12.5 Å². The molecule has 1 aromatic heterocycles. The molecule has 2 heterocycles. The van der Waals surface area contributed by atoms with Crippen LogP contribution in [0, 0.1) is 10.1 Å². The van der Waals surface area contributed by atoms with E-state index in [0.29, 0.717) is 5.02 Å². The third-order valence-electron chi connectivity index (χ3n) is 4.44. The molecule has 0 saturated heterocycles. The van der Waals surface area contributed by atoms with Crippen molar-refractivity contribution in [3.05, 3.63) is 73.8 Å². The van der Waals surface area contributed by atoms with Gasteiger partial charge in [0.1, 0.15) is 5.02 Å². The molecule has 2 aromatic carbocycles. The highest BCUT2D eigenvalue weighted by Crippen LogP contribution is 2.31. The molecule has 4 rings (SSSR count). The first-order valence-corrected chi connectivity index (χ1v) is 9.34. The predicted molar refractivity (Wildman–Crippen MR) is 109 cm³/mol. The highest BCUT2D eigenvalue weighted by atomic mass is 35.5. The number of nitro groups is 1. The summed E-state index contributed by atoms with van der Waals surface area (Å²) in [6, 6.07) is 10.2. The van der Waals surface area contributed by atoms with Crippen molar-refractivity contribution in [2.24, 2.45) is 0 Å². The molecule has 2 amide bonds. The third-order valence-corrected chi connectivity index (χ3v) is 5.01. The summed E-state index contributed by atoms with van der Waals surface area (Å²) in [7, 11) is 0. The summed E-state index contributed by atoms with van der Waals surface area (Å²) >= 11 is 11.7. The lowest BCUT2D eigenvalue weighted by Gasteiger charge is -2.23. The molecule has 30 heavy (non-hydrogen) atoms. The number of hydrogen-bond donors (Lipinski definition) is 2. The van der Waals surface area contributed by atoms with E-state index in [1.165, 1.54) is 16.8 Å². The zero-order chi connectivity index (χ0) is 21.4. The number of hydrogen-bond acceptors (Lipinski definition) is 6. The Morgan fingerprint density at radius 2 is 1.97 bits per heavy atom. The Kier molecular flexibility index (Phi) is 5.10. The van der Waals surface area contributed by atoms with Gasteiger partial charge in [-0.15, -0.1) is 5.10 Å². The molecule has 2 N–H and O–H groups in total. The van der Waals surface area contributed by atoms with Crippen LogP contribution in [0.2, 0.25) is 10.0 Å². The van der Waals surface area contributed by atoms with E-state index in [1.807, 2.05) is 0 Å². The molecule has 10 nitrogen and oxygen atoms in total. The maximum Gasteiger partial charge on any atom is 0.288 e. The SMILES string of the molecule is O=C1C[C@H](c2ccc(Cl)cc2)n2nc(NC(=O)c3ccc(Cl)c([N+](=O)[O-])c3)nc2N1. The van der Waals surface area contributed by atoms with Gasteiger partial charge < -0.3 is 0 Å². The van der Waals surface area contributed by atoms with Crippen LogP contribution < -0.4 is 10.6 Å². The molecule has 12 heteroatoms. The Labute approximate surface area is 179 Å². The van der Waals surface area contributed by atoms with Gasteiger partial charge >= 0.3 is 0 Å². The molecule has 1 atom stereocenters. The lowest BCUT2D eigenvalue weighted by Crippen LogP contribution is -2.29. The summed E-state index contributed by atoms with van der Waals surface area (Å²) in [5.41, 5.74) is 0.417. The first-order valence-electron chi connectivity index (χ1n) is 8.59. The topological polar surface area (TPSA) is 132 Å². The number of amides is 2. The fourth-order valence-electron chi connectivity index (χ4n) is 3.03. The number of halogens is 2. The molecule has 1 aliphatic heterocycles. The molecule has 0 saturated carbocycles. The van der Waals surface area contributed by atoms with Crippen molar-refractivity contribution in [1.29, 1.82) is 0 Å². The average Bonchev–Trinajstić information content (AvgIpc) is 3.10. The van der Waals surface area contributed by atoms with Gasteiger partial charge in [-0.2, -0.15) is 4.98 Å². The van der Waals surface area contributed by atoms with Crippen LogP contribution in [-0.2, 0) is 4.79 Å². The van der Waals surface area contributed by atoms with E-state index in [2.05, 4.69) is 20.7 Å². The van der Waals surface area contributed by atoms with Gasteiger partial charge in [0.15, 0.2) is 0 Å². The largest absolute Gasteiger partial charge is 0.295 e. The van der Waals surface area contributed by atoms with Crippen LogP contribution in [0.25, 0.3) is 0 Å². The van der Waals surface area contributed by atoms with Gasteiger partial charge in [0, 0.05) is 16.7 Å². The van der Waals surface area contributed by atoms with E-state index in [4.69, 9.17) is 23.2 Å². The third kappa shape index (κ3) is 3.82. The summed E-state index contributed by atoms with van der Waals surface area (Å²) in [6.07, 6.45) is 0.134. The summed E-state index contributed by atoms with van der Waals surface area (Å²) in [5, 5.41) is 20.8. The lowest BCUT2D eigenvalue weighted by molar-refractivity contribution is -0.384. The standard InChI is InChI=1S/C18H12Cl2N6O4/c19-11-4-1-9(2-5-11)13-8-15(27)21-18-23-17(24-25(13)18)22-16(28)10-3-6-12(20)14(7-10)26(29)30/h1-7,13H,8H2,(H2,21,22,23,24,27,28)/t13-/m1/s1. The van der Waals surface area contributed by atoms with Crippen LogP contribution in [-0.4, -0.2) is 31.5 Å². The minimum absolute atomic E-state index is 0.0113. The van der Waals surface area contributed by atoms with Crippen LogP contribution >= 0.6 is 23.2 Å². The van der Waals surface area contributed by atoms with Gasteiger partial charge in [-0.25, -0.2) is 4.68 Å². The van der Waals surface area contributed by atoms with Crippen LogP contribution in [0.5, 0.6) is 0 Å². The second-order valence-corrected chi connectivity index (χ2v) is 7.24. The quantitative estimate of drug-likeness (QED) is 0.463. The van der Waals surface area contributed by atoms with Gasteiger partial charge in [-0.3, -0.25) is 30.3 Å². The smallest absolute Gasteiger partial charge is 0.288 e. The van der Waals surface area contributed by atoms with Gasteiger partial charge in [-0.05, 0) is 29.8 Å². The number of nitrogens with zero attached hydrogens (tertiary/aromatic N) is 4. The predicted octanol–water partition coefficient (Wildman–Crippen LogP) is 3.68. The van der Waals surface area contributed by atoms with E-state index in [-0.39, 0.29) is 34.8 Å². The molecule has 0 radical (unpaired) electrons. The Morgan fingerprint density at radius 3 is 2.67 bits per heavy atom. The molecular weight excluding hydrogens is 435 g/mol. The second-order valence-electron chi connectivity index (χ2n) is 6.40. The Morgan fingerprint density at radius 1 is 1.23 bits per heavy atom. The molecule has 0 unspecified atom stereocenters. The number of anilines is 2. The number of fused-ring (bicyclic) bond motifs is 1. The molecule has 0 fully saturated rings. The number of nitrogens with one attached hydrogen (secondary N) is 2. The maximum atomic E-state index is 12.5. The van der Waals surface area contributed by atoms with E-state index < -0.39 is 22.6 Å². The maximum absolute atomic E-state index is 12.5. The zero-order valence-electron chi connectivity index (χ0n) is 15.0. The van der Waals surface area contributed by atoms with E-state index in [0.717, 1.165) is 11.6 Å². The molecular formula is C18H12Cl2N6O4. The fraction of sp³-hybridized carbons (Fsp3) is 0.111. The van der Waals surface area contributed by atoms with E-state index in [1.54, 1.807) is 24.3 Å². The first-order chi connectivity index (χ1) is 14.3. The first kappa shape index (κ1) is 19.8. The van der Waals surface area contributed by atoms with Gasteiger partial charge in [-0.1, -0.05) is 35.3 Å². The highest BCUT2D eigenvalue weighted by molar-refractivity contribution is 6.32. The number of carbonyl (C=O) groups is 2. The minimum Gasteiger partial charge on any atom is -0.295 e. The summed E-state index contributed by atoms with van der Waals surface area (Å²) in [4.78, 5) is 39.1. The van der Waals surface area contributed by atoms with Crippen molar-refractivity contribution in [2.75, 3.05) is 10.6 Å². The Bertz CT molecular complexity index is 1180. The molecule has 0 aliphatic carbocycles. The average molecular weight is 447 g/mol. The number of nitro benzene ring substituents is 1. The van der Waals surface area contributed by atoms with E-state index >= 15 is 0 Å². The minimum atomic E-state index is -0.682. The van der Waals surface area contributed by atoms with Crippen molar-refractivity contribution in [1.82, 2.24) is 14.8 Å². The van der Waals surface area contributed by atoms with Gasteiger partial charge in [0.25, 0.3) is 17.5 Å². The molecule has 152 valence electrons. The van der Waals surface area contributed by atoms with Crippen molar-refractivity contribution < 1.29 is 14.5 Å². The van der Waals surface area contributed by atoms with Gasteiger partial charge in [0.05, 0.1) is 17.4 Å². The van der Waals surface area contributed by atoms with Gasteiger partial charge in [0.2, 0.25) is 11.9 Å². The Balaban J connectivity index is 1.62. The Hall–Kier alpha value is -3.50. The van der Waals surface area contributed by atoms with E-state index in [9.17, 15) is 19.7 Å². The van der Waals surface area contributed by atoms with Crippen molar-refractivity contribution in [3.63, 3.8) is 0 Å². The summed E-state index contributed by atoms with van der Waals surface area (Å²) < 4.78 is 1.49. The monoisotopic (exact) mass is 446 g/mol. The summed E-state index contributed by atoms with van der Waals surface area (Å²) in [6.45, 7) is 0. The number of rotatable bonds is 4. The highest BCUT2D eigenvalue weighted by Gasteiger charge is 2.29. The molecule has 0 bridgehead atoms. The molecule has 1 aliphatic rings. The van der Waals surface area contributed by atoms with Crippen LogP contribution in [0.15, 0.2) is 42.5 Å². The van der Waals surface area contributed by atoms with Crippen LogP contribution in [0.1, 0.15) is 28.4 Å². The van der Waals surface area contributed by atoms with Crippen LogP contribution in [0.4, 0.5) is 17.6 Å². The van der Waals surface area contributed by atoms with Crippen molar-refractivity contribution >= 4 is 52.6 Å². The molecule has 3 aromatic rings.